The molecule has 2 aromatic rings. The highest BCUT2D eigenvalue weighted by atomic mass is 19.1. The monoisotopic (exact) mass is 291 g/mol. The smallest absolute Gasteiger partial charge is 0.353 e. The van der Waals surface area contributed by atoms with E-state index < -0.39 is 10.7 Å². The number of hydrogen-bond acceptors (Lipinski definition) is 6. The van der Waals surface area contributed by atoms with Crippen LogP contribution in [0, 0.1) is 22.9 Å². The third-order valence-corrected chi connectivity index (χ3v) is 2.78. The number of benzene rings is 1. The fourth-order valence-electron chi connectivity index (χ4n) is 1.75. The summed E-state index contributed by atoms with van der Waals surface area (Å²) in [6, 6.07) is 4.46. The molecule has 0 atom stereocenters. The SMILES string of the molecule is CCNc1ncnc(Nc2ccc(C)c(F)c2)c1[N+](=O)[O-]. The maximum atomic E-state index is 13.5. The van der Waals surface area contributed by atoms with Crippen LogP contribution in [-0.4, -0.2) is 21.4 Å². The second-order valence-electron chi connectivity index (χ2n) is 4.30. The molecular weight excluding hydrogens is 277 g/mol. The Morgan fingerprint density at radius 2 is 2.05 bits per heavy atom. The van der Waals surface area contributed by atoms with Crippen LogP contribution in [0.15, 0.2) is 24.5 Å². The maximum Gasteiger partial charge on any atom is 0.353 e. The third kappa shape index (κ3) is 3.22. The summed E-state index contributed by atoms with van der Waals surface area (Å²) in [6.45, 7) is 3.92. The van der Waals surface area contributed by atoms with Crippen molar-refractivity contribution in [1.82, 2.24) is 9.97 Å². The van der Waals surface area contributed by atoms with Gasteiger partial charge in [0.05, 0.1) is 4.92 Å². The zero-order chi connectivity index (χ0) is 15.4. The van der Waals surface area contributed by atoms with E-state index in [4.69, 9.17) is 0 Å². The van der Waals surface area contributed by atoms with Crippen molar-refractivity contribution in [3.05, 3.63) is 46.0 Å². The van der Waals surface area contributed by atoms with Crippen molar-refractivity contribution in [2.24, 2.45) is 0 Å². The van der Waals surface area contributed by atoms with Gasteiger partial charge >= 0.3 is 5.69 Å². The van der Waals surface area contributed by atoms with Crippen LogP contribution in [0.1, 0.15) is 12.5 Å². The van der Waals surface area contributed by atoms with Gasteiger partial charge in [-0.2, -0.15) is 0 Å². The van der Waals surface area contributed by atoms with Crippen molar-refractivity contribution in [1.29, 1.82) is 0 Å². The molecule has 0 bridgehead atoms. The molecule has 1 aromatic heterocycles. The second kappa shape index (κ2) is 6.12. The summed E-state index contributed by atoms with van der Waals surface area (Å²) in [5, 5.41) is 16.7. The van der Waals surface area contributed by atoms with E-state index in [0.717, 1.165) is 0 Å². The van der Waals surface area contributed by atoms with Crippen LogP contribution < -0.4 is 10.6 Å². The fourth-order valence-corrected chi connectivity index (χ4v) is 1.75. The van der Waals surface area contributed by atoms with Crippen LogP contribution >= 0.6 is 0 Å². The molecule has 0 aliphatic rings. The Hall–Kier alpha value is -2.77. The number of nitrogens with one attached hydrogen (secondary N) is 2. The lowest BCUT2D eigenvalue weighted by Gasteiger charge is -2.09. The molecule has 1 aromatic carbocycles. The van der Waals surface area contributed by atoms with Crippen molar-refractivity contribution >= 4 is 23.0 Å². The minimum Gasteiger partial charge on any atom is -0.364 e. The molecule has 1 heterocycles. The molecule has 2 N–H and O–H groups in total. The first-order chi connectivity index (χ1) is 10.0. The third-order valence-electron chi connectivity index (χ3n) is 2.78. The molecule has 110 valence electrons. The highest BCUT2D eigenvalue weighted by Crippen LogP contribution is 2.31. The van der Waals surface area contributed by atoms with E-state index in [2.05, 4.69) is 20.6 Å². The average Bonchev–Trinajstić information content (AvgIpc) is 2.43. The van der Waals surface area contributed by atoms with Crippen molar-refractivity contribution in [2.45, 2.75) is 13.8 Å². The molecule has 0 radical (unpaired) electrons. The number of halogens is 1. The van der Waals surface area contributed by atoms with Gasteiger partial charge in [0, 0.05) is 12.2 Å². The molecule has 0 spiro atoms. The first kappa shape index (κ1) is 14.6. The molecule has 0 fully saturated rings. The highest BCUT2D eigenvalue weighted by molar-refractivity contribution is 5.73. The number of hydrogen-bond donors (Lipinski definition) is 2. The van der Waals surface area contributed by atoms with Crippen molar-refractivity contribution < 1.29 is 9.31 Å². The molecule has 2 rings (SSSR count). The van der Waals surface area contributed by atoms with E-state index in [1.807, 2.05) is 0 Å². The van der Waals surface area contributed by atoms with E-state index in [1.54, 1.807) is 26.0 Å². The molecule has 7 nitrogen and oxygen atoms in total. The summed E-state index contributed by atoms with van der Waals surface area (Å²) in [5.41, 5.74) is 0.591. The number of nitrogens with zero attached hydrogens (tertiary/aromatic N) is 3. The van der Waals surface area contributed by atoms with Gasteiger partial charge < -0.3 is 10.6 Å². The Kier molecular flexibility index (Phi) is 4.27. The van der Waals surface area contributed by atoms with Crippen LogP contribution in [0.3, 0.4) is 0 Å². The van der Waals surface area contributed by atoms with Gasteiger partial charge in [-0.1, -0.05) is 6.07 Å². The topological polar surface area (TPSA) is 93.0 Å². The predicted octanol–water partition coefficient (Wildman–Crippen LogP) is 3.01. The Bertz CT molecular complexity index is 678. The van der Waals surface area contributed by atoms with E-state index in [0.29, 0.717) is 17.8 Å². The Labute approximate surface area is 120 Å². The standard InChI is InChI=1S/C13H14FN5O2/c1-3-15-12-11(19(20)21)13(17-7-16-12)18-9-5-4-8(2)10(14)6-9/h4-7H,3H2,1-2H3,(H2,15,16,17,18). The minimum atomic E-state index is -0.578. The normalized spacial score (nSPS) is 10.2. The number of anilines is 3. The van der Waals surface area contributed by atoms with Gasteiger partial charge in [-0.15, -0.1) is 0 Å². The lowest BCUT2D eigenvalue weighted by molar-refractivity contribution is -0.383. The average molecular weight is 291 g/mol. The highest BCUT2D eigenvalue weighted by Gasteiger charge is 2.22. The van der Waals surface area contributed by atoms with Gasteiger partial charge in [0.15, 0.2) is 0 Å². The summed E-state index contributed by atoms with van der Waals surface area (Å²) < 4.78 is 13.5. The van der Waals surface area contributed by atoms with Gasteiger partial charge in [0.1, 0.15) is 12.1 Å². The van der Waals surface area contributed by atoms with Gasteiger partial charge in [0.25, 0.3) is 0 Å². The van der Waals surface area contributed by atoms with Crippen LogP contribution in [0.4, 0.5) is 27.4 Å². The summed E-state index contributed by atoms with van der Waals surface area (Å²) >= 11 is 0. The van der Waals surface area contributed by atoms with Gasteiger partial charge in [-0.05, 0) is 31.5 Å². The zero-order valence-corrected chi connectivity index (χ0v) is 11.6. The Morgan fingerprint density at radius 3 is 2.67 bits per heavy atom. The van der Waals surface area contributed by atoms with E-state index in [1.165, 1.54) is 12.4 Å². The number of rotatable bonds is 5. The summed E-state index contributed by atoms with van der Waals surface area (Å²) in [4.78, 5) is 18.3. The number of aromatic nitrogens is 2. The van der Waals surface area contributed by atoms with Crippen LogP contribution in [0.2, 0.25) is 0 Å². The summed E-state index contributed by atoms with van der Waals surface area (Å²) in [5.74, 6) is -0.273. The number of nitro groups is 1. The van der Waals surface area contributed by atoms with E-state index in [9.17, 15) is 14.5 Å². The van der Waals surface area contributed by atoms with Crippen LogP contribution in [0.25, 0.3) is 0 Å². The molecule has 21 heavy (non-hydrogen) atoms. The molecule has 0 amide bonds. The molecule has 0 aliphatic carbocycles. The fraction of sp³-hybridized carbons (Fsp3) is 0.231. The van der Waals surface area contributed by atoms with Gasteiger partial charge in [-0.25, -0.2) is 14.4 Å². The zero-order valence-electron chi connectivity index (χ0n) is 11.6. The minimum absolute atomic E-state index is 0.00852. The molecule has 0 aliphatic heterocycles. The van der Waals surface area contributed by atoms with Gasteiger partial charge in [-0.3, -0.25) is 10.1 Å². The molecule has 0 saturated heterocycles. The molecular formula is C13H14FN5O2. The van der Waals surface area contributed by atoms with E-state index >= 15 is 0 Å². The second-order valence-corrected chi connectivity index (χ2v) is 4.30. The summed E-state index contributed by atoms with van der Waals surface area (Å²) in [6.07, 6.45) is 1.21. The molecule has 0 saturated carbocycles. The van der Waals surface area contributed by atoms with Crippen LogP contribution in [0.5, 0.6) is 0 Å². The van der Waals surface area contributed by atoms with Crippen molar-refractivity contribution in [3.8, 4) is 0 Å². The van der Waals surface area contributed by atoms with Crippen molar-refractivity contribution in [3.63, 3.8) is 0 Å². The van der Waals surface area contributed by atoms with Gasteiger partial charge in [0.2, 0.25) is 11.6 Å². The lowest BCUT2D eigenvalue weighted by Crippen LogP contribution is -2.07. The largest absolute Gasteiger partial charge is 0.364 e. The lowest BCUT2D eigenvalue weighted by atomic mass is 10.2. The predicted molar refractivity (Wildman–Crippen MR) is 77.3 cm³/mol. The summed E-state index contributed by atoms with van der Waals surface area (Å²) in [7, 11) is 0. The number of aryl methyl sites for hydroxylation is 1. The Balaban J connectivity index is 2.41. The first-order valence-corrected chi connectivity index (χ1v) is 6.29. The van der Waals surface area contributed by atoms with E-state index in [-0.39, 0.29) is 17.3 Å². The molecule has 8 heteroatoms. The van der Waals surface area contributed by atoms with Crippen molar-refractivity contribution in [2.75, 3.05) is 17.2 Å². The maximum absolute atomic E-state index is 13.5. The Morgan fingerprint density at radius 1 is 1.33 bits per heavy atom. The molecule has 0 unspecified atom stereocenters. The van der Waals surface area contributed by atoms with Crippen LogP contribution in [-0.2, 0) is 0 Å². The quantitative estimate of drug-likeness (QED) is 0.649. The first-order valence-electron chi connectivity index (χ1n) is 6.29.